The van der Waals surface area contributed by atoms with Gasteiger partial charge in [0.15, 0.2) is 0 Å². The van der Waals surface area contributed by atoms with Crippen LogP contribution in [0.15, 0.2) is 218 Å². The number of anilines is 3. The smallest absolute Gasteiger partial charge is 0.0782 e. The molecule has 0 bridgehead atoms. The third-order valence-electron chi connectivity index (χ3n) is 12.0. The van der Waals surface area contributed by atoms with E-state index in [1.54, 1.807) is 0 Å². The van der Waals surface area contributed by atoms with Gasteiger partial charge in [0.25, 0.3) is 0 Å². The van der Waals surface area contributed by atoms with E-state index in [2.05, 4.69) is 228 Å². The third-order valence-corrected chi connectivity index (χ3v) is 13.1. The zero-order valence-electron chi connectivity index (χ0n) is 32.1. The summed E-state index contributed by atoms with van der Waals surface area (Å²) < 4.78 is 5.09. The van der Waals surface area contributed by atoms with Crippen molar-refractivity contribution in [3.8, 4) is 27.9 Å². The average molecular weight is 769 g/mol. The number of para-hydroxylation sites is 1. The van der Waals surface area contributed by atoms with Crippen molar-refractivity contribution in [2.24, 2.45) is 0 Å². The van der Waals surface area contributed by atoms with Gasteiger partial charge in [0, 0.05) is 48.0 Å². The molecule has 59 heavy (non-hydrogen) atoms. The molecule has 10 aromatic carbocycles. The van der Waals surface area contributed by atoms with Crippen molar-refractivity contribution in [1.29, 1.82) is 0 Å². The fraction of sp³-hybridized carbons (Fsp3) is 0. The van der Waals surface area contributed by atoms with Crippen LogP contribution in [0.2, 0.25) is 0 Å². The van der Waals surface area contributed by atoms with Crippen LogP contribution < -0.4 is 4.90 Å². The molecule has 0 aliphatic heterocycles. The summed E-state index contributed by atoms with van der Waals surface area (Å²) in [7, 11) is 0. The molecule has 0 radical (unpaired) electrons. The number of fused-ring (bicyclic) bond motifs is 10. The Kier molecular flexibility index (Phi) is 7.75. The molecule has 0 aliphatic rings. The molecule has 0 unspecified atom stereocenters. The Hall–Kier alpha value is -7.46. The number of hydrogen-bond acceptors (Lipinski definition) is 2. The zero-order chi connectivity index (χ0) is 38.9. The summed E-state index contributed by atoms with van der Waals surface area (Å²) in [6.07, 6.45) is 0. The summed E-state index contributed by atoms with van der Waals surface area (Å²) >= 11 is 1.86. The molecule has 0 atom stereocenters. The van der Waals surface area contributed by atoms with E-state index in [1.165, 1.54) is 80.3 Å². The molecule has 0 amide bonds. The van der Waals surface area contributed by atoms with Crippen molar-refractivity contribution < 1.29 is 0 Å². The van der Waals surface area contributed by atoms with E-state index in [0.717, 1.165) is 28.3 Å². The molecule has 0 saturated carbocycles. The van der Waals surface area contributed by atoms with Gasteiger partial charge in [-0.1, -0.05) is 158 Å². The molecule has 276 valence electrons. The molecule has 0 spiro atoms. The van der Waals surface area contributed by atoms with Crippen LogP contribution in [0, 0.1) is 0 Å². The monoisotopic (exact) mass is 768 g/mol. The minimum Gasteiger partial charge on any atom is -0.308 e. The minimum atomic E-state index is 1.10. The van der Waals surface area contributed by atoms with Gasteiger partial charge in [0.1, 0.15) is 0 Å². The van der Waals surface area contributed by atoms with Gasteiger partial charge in [-0.2, -0.15) is 0 Å². The van der Waals surface area contributed by atoms with Crippen molar-refractivity contribution >= 4 is 91.9 Å². The molecule has 2 heterocycles. The van der Waals surface area contributed by atoms with Crippen LogP contribution in [-0.2, 0) is 0 Å². The number of aromatic nitrogens is 1. The molecular formula is C56H36N2S. The van der Waals surface area contributed by atoms with Crippen LogP contribution in [0.4, 0.5) is 17.1 Å². The van der Waals surface area contributed by atoms with Gasteiger partial charge < -0.3 is 9.47 Å². The van der Waals surface area contributed by atoms with Crippen LogP contribution in [0.1, 0.15) is 0 Å². The summed E-state index contributed by atoms with van der Waals surface area (Å²) in [4.78, 5) is 2.47. The van der Waals surface area contributed by atoms with E-state index >= 15 is 0 Å². The minimum absolute atomic E-state index is 1.10. The summed E-state index contributed by atoms with van der Waals surface area (Å²) in [6.45, 7) is 0. The lowest BCUT2D eigenvalue weighted by Gasteiger charge is -2.27. The van der Waals surface area contributed by atoms with Crippen molar-refractivity contribution in [2.75, 3.05) is 4.90 Å². The predicted octanol–water partition coefficient (Wildman–Crippen LogP) is 16.3. The van der Waals surface area contributed by atoms with Gasteiger partial charge in [-0.05, 0) is 104 Å². The van der Waals surface area contributed by atoms with Gasteiger partial charge in [-0.25, -0.2) is 0 Å². The van der Waals surface area contributed by atoms with Crippen molar-refractivity contribution in [3.63, 3.8) is 0 Å². The fourth-order valence-electron chi connectivity index (χ4n) is 9.23. The predicted molar refractivity (Wildman–Crippen MR) is 254 cm³/mol. The molecule has 0 fully saturated rings. The van der Waals surface area contributed by atoms with Gasteiger partial charge in [0.05, 0.1) is 16.7 Å². The topological polar surface area (TPSA) is 8.17 Å². The highest BCUT2D eigenvalue weighted by atomic mass is 32.1. The Morgan fingerprint density at radius 2 is 0.932 bits per heavy atom. The van der Waals surface area contributed by atoms with E-state index in [-0.39, 0.29) is 0 Å². The Balaban J connectivity index is 1.18. The molecule has 2 nitrogen and oxygen atoms in total. The van der Waals surface area contributed by atoms with Gasteiger partial charge >= 0.3 is 0 Å². The molecule has 12 aromatic rings. The number of hydrogen-bond donors (Lipinski definition) is 0. The first-order chi connectivity index (χ1) is 29.3. The first-order valence-electron chi connectivity index (χ1n) is 20.2. The van der Waals surface area contributed by atoms with Crippen LogP contribution >= 0.6 is 11.3 Å². The summed E-state index contributed by atoms with van der Waals surface area (Å²) in [5.41, 5.74) is 11.6. The van der Waals surface area contributed by atoms with Crippen LogP contribution in [0.5, 0.6) is 0 Å². The molecule has 0 aliphatic carbocycles. The Labute approximate surface area is 346 Å². The normalized spacial score (nSPS) is 11.7. The maximum atomic E-state index is 2.50. The van der Waals surface area contributed by atoms with Gasteiger partial charge in [0.2, 0.25) is 0 Å². The Morgan fingerprint density at radius 3 is 1.69 bits per heavy atom. The second-order valence-electron chi connectivity index (χ2n) is 15.3. The molecule has 3 heteroatoms. The fourth-order valence-corrected chi connectivity index (χ4v) is 10.3. The highest BCUT2D eigenvalue weighted by Gasteiger charge is 2.24. The number of thiophene rings is 1. The zero-order valence-corrected chi connectivity index (χ0v) is 32.9. The van der Waals surface area contributed by atoms with Crippen LogP contribution in [0.3, 0.4) is 0 Å². The second-order valence-corrected chi connectivity index (χ2v) is 16.4. The quantitative estimate of drug-likeness (QED) is 0.153. The van der Waals surface area contributed by atoms with Crippen LogP contribution in [0.25, 0.3) is 91.5 Å². The summed E-state index contributed by atoms with van der Waals surface area (Å²) in [6, 6.07) is 80.1. The highest BCUT2D eigenvalue weighted by Crippen LogP contribution is 2.47. The number of benzene rings is 10. The molecule has 0 saturated heterocycles. The Bertz CT molecular complexity index is 3530. The number of nitrogens with zero attached hydrogens (tertiary/aromatic N) is 2. The lowest BCUT2D eigenvalue weighted by atomic mass is 9.97. The second kappa shape index (κ2) is 13.6. The number of rotatable bonds is 6. The van der Waals surface area contributed by atoms with Crippen molar-refractivity contribution in [2.45, 2.75) is 0 Å². The first kappa shape index (κ1) is 33.7. The maximum absolute atomic E-state index is 2.50. The van der Waals surface area contributed by atoms with Crippen molar-refractivity contribution in [3.05, 3.63) is 218 Å². The lowest BCUT2D eigenvalue weighted by molar-refractivity contribution is 1.17. The first-order valence-corrected chi connectivity index (χ1v) is 21.0. The standard InChI is InChI=1S/C56H36N2S/c1-3-12-37(13-4-1)39-24-29-43(30-25-39)57(45-33-35-53-49(36-45)47-18-9-10-21-52(47)59-53)51-20-11-19-48-55-50(34-28-42-23-22-41-16-7-8-17-46(41)54(42)55)58(56(48)51)44-31-26-40(27-32-44)38-14-5-2-6-15-38/h1-36H. The van der Waals surface area contributed by atoms with Gasteiger partial charge in [-0.15, -0.1) is 11.3 Å². The molecule has 0 N–H and O–H groups in total. The Morgan fingerprint density at radius 1 is 0.356 bits per heavy atom. The molecule has 2 aromatic heterocycles. The summed E-state index contributed by atoms with van der Waals surface area (Å²) in [5, 5.41) is 10.1. The SMILES string of the molecule is c1ccc(-c2ccc(N(c3ccc4sc5ccccc5c4c3)c3cccc4c5c6c(ccc7ccccc76)ccc5n(-c5ccc(-c6ccccc6)cc5)c34)cc2)cc1. The molecule has 12 rings (SSSR count). The van der Waals surface area contributed by atoms with Gasteiger partial charge in [-0.3, -0.25) is 0 Å². The van der Waals surface area contributed by atoms with E-state index in [0.29, 0.717) is 0 Å². The lowest BCUT2D eigenvalue weighted by Crippen LogP contribution is -2.11. The van der Waals surface area contributed by atoms with E-state index < -0.39 is 0 Å². The van der Waals surface area contributed by atoms with Crippen LogP contribution in [-0.4, -0.2) is 4.57 Å². The van der Waals surface area contributed by atoms with E-state index in [4.69, 9.17) is 0 Å². The third kappa shape index (κ3) is 5.47. The van der Waals surface area contributed by atoms with E-state index in [1.807, 2.05) is 11.3 Å². The molecular weight excluding hydrogens is 733 g/mol. The highest BCUT2D eigenvalue weighted by molar-refractivity contribution is 7.25. The summed E-state index contributed by atoms with van der Waals surface area (Å²) in [5.74, 6) is 0. The van der Waals surface area contributed by atoms with Crippen molar-refractivity contribution in [1.82, 2.24) is 4.57 Å². The largest absolute Gasteiger partial charge is 0.308 e. The maximum Gasteiger partial charge on any atom is 0.0782 e. The van der Waals surface area contributed by atoms with E-state index in [9.17, 15) is 0 Å². The average Bonchev–Trinajstić information content (AvgIpc) is 3.86.